The molecule has 1 aromatic rings. The predicted molar refractivity (Wildman–Crippen MR) is 86.0 cm³/mol. The van der Waals surface area contributed by atoms with Crippen LogP contribution in [0, 0.1) is 0 Å². The van der Waals surface area contributed by atoms with Gasteiger partial charge >= 0.3 is 140 Å². The second-order valence-electron chi connectivity index (χ2n) is 5.58. The molecule has 1 heterocycles. The number of aromatic nitrogens is 1. The van der Waals surface area contributed by atoms with E-state index in [4.69, 9.17) is 0 Å². The summed E-state index contributed by atoms with van der Waals surface area (Å²) in [5, 5.41) is 12.1. The van der Waals surface area contributed by atoms with E-state index in [1.165, 1.54) is 20.0 Å². The van der Waals surface area contributed by atoms with E-state index in [2.05, 4.69) is 40.1 Å². The van der Waals surface area contributed by atoms with Gasteiger partial charge in [-0.25, -0.2) is 0 Å². The number of amides is 1. The molecule has 0 aliphatic heterocycles. The number of nitrogens with zero attached hydrogens (tertiary/aromatic N) is 1. The van der Waals surface area contributed by atoms with Crippen LogP contribution in [0.1, 0.15) is 38.1 Å². The summed E-state index contributed by atoms with van der Waals surface area (Å²) in [4.78, 5) is 16.3. The molecule has 1 radical (unpaired) electrons. The van der Waals surface area contributed by atoms with Gasteiger partial charge in [-0.1, -0.05) is 0 Å². The normalized spacial score (nSPS) is 13.9. The average molecular weight is 422 g/mol. The molecule has 0 bridgehead atoms. The van der Waals surface area contributed by atoms with Gasteiger partial charge in [0.1, 0.15) is 0 Å². The topological polar surface area (TPSA) is 62.2 Å². The minimum atomic E-state index is -1.52. The van der Waals surface area contributed by atoms with Gasteiger partial charge in [-0.05, 0) is 0 Å². The summed E-state index contributed by atoms with van der Waals surface area (Å²) < 4.78 is 15.8. The zero-order chi connectivity index (χ0) is 16.2. The molecule has 1 rings (SSSR count). The molecular weight excluding hydrogens is 402 g/mol. The molecule has 1 aromatic heterocycles. The van der Waals surface area contributed by atoms with Crippen LogP contribution < -0.4 is 9.67 Å². The number of halogens is 2. The van der Waals surface area contributed by atoms with Crippen molar-refractivity contribution in [2.24, 2.45) is 0 Å². The molecule has 0 spiro atoms. The Kier molecular flexibility index (Phi) is 6.82. The Hall–Kier alpha value is -0.452. The van der Waals surface area contributed by atoms with Crippen LogP contribution in [0.25, 0.3) is 0 Å². The molecule has 0 aliphatic rings. The average Bonchev–Trinajstić information content (AvgIpc) is 2.33. The van der Waals surface area contributed by atoms with E-state index in [-0.39, 0.29) is 28.2 Å². The first kappa shape index (κ1) is 18.6. The standard InChI is InChI=1S/C14H20AsBrFN2O2/c1-8(2)15-10-5-12(16)18-6-9(10)13(20)19-7-11(17)14(3,4)21/h5-6,8,11,21H,7H2,1-4H3,(H,19,20). The Balaban J connectivity index is 2.82. The van der Waals surface area contributed by atoms with Crippen LogP contribution in [0.5, 0.6) is 0 Å². The Morgan fingerprint density at radius 1 is 1.57 bits per heavy atom. The summed E-state index contributed by atoms with van der Waals surface area (Å²) in [7, 11) is 0. The van der Waals surface area contributed by atoms with Crippen LogP contribution in [-0.4, -0.2) is 50.1 Å². The summed E-state index contributed by atoms with van der Waals surface area (Å²) in [6.45, 7) is 6.72. The first-order chi connectivity index (χ1) is 9.61. The summed E-state index contributed by atoms with van der Waals surface area (Å²) in [5.41, 5.74) is -0.993. The third kappa shape index (κ3) is 6.05. The van der Waals surface area contributed by atoms with Gasteiger partial charge in [0, 0.05) is 0 Å². The maximum absolute atomic E-state index is 13.7. The summed E-state index contributed by atoms with van der Waals surface area (Å²) >= 11 is 3.13. The van der Waals surface area contributed by atoms with E-state index in [1.54, 1.807) is 0 Å². The number of aliphatic hydroxyl groups is 1. The van der Waals surface area contributed by atoms with Crippen molar-refractivity contribution in [2.75, 3.05) is 6.54 Å². The van der Waals surface area contributed by atoms with Crippen LogP contribution in [-0.2, 0) is 0 Å². The van der Waals surface area contributed by atoms with Crippen LogP contribution >= 0.6 is 15.9 Å². The number of rotatable bonds is 6. The number of pyridine rings is 1. The van der Waals surface area contributed by atoms with Crippen molar-refractivity contribution in [2.45, 2.75) is 44.2 Å². The van der Waals surface area contributed by atoms with Crippen molar-refractivity contribution in [3.63, 3.8) is 0 Å². The molecule has 0 aromatic carbocycles. The van der Waals surface area contributed by atoms with Crippen molar-refractivity contribution < 1.29 is 14.3 Å². The number of hydrogen-bond donors (Lipinski definition) is 2. The van der Waals surface area contributed by atoms with E-state index in [0.29, 0.717) is 14.9 Å². The molecule has 1 atom stereocenters. The van der Waals surface area contributed by atoms with Gasteiger partial charge in [-0.3, -0.25) is 0 Å². The third-order valence-electron chi connectivity index (χ3n) is 2.70. The minimum absolute atomic E-state index is 0.173. The Morgan fingerprint density at radius 2 is 2.19 bits per heavy atom. The molecule has 0 aliphatic carbocycles. The molecule has 1 unspecified atom stereocenters. The summed E-state index contributed by atoms with van der Waals surface area (Å²) in [6.07, 6.45) is -0.0176. The molecule has 0 fully saturated rings. The number of hydrogen-bond acceptors (Lipinski definition) is 3. The Morgan fingerprint density at radius 3 is 2.71 bits per heavy atom. The molecule has 117 valence electrons. The fourth-order valence-corrected chi connectivity index (χ4v) is 4.43. The molecule has 7 heteroatoms. The molecule has 2 N–H and O–H groups in total. The first-order valence-corrected chi connectivity index (χ1v) is 9.43. The van der Waals surface area contributed by atoms with Gasteiger partial charge in [-0.15, -0.1) is 0 Å². The van der Waals surface area contributed by atoms with Crippen molar-refractivity contribution in [1.82, 2.24) is 10.3 Å². The van der Waals surface area contributed by atoms with Crippen molar-refractivity contribution in [3.05, 3.63) is 22.4 Å². The zero-order valence-electron chi connectivity index (χ0n) is 12.5. The predicted octanol–water partition coefficient (Wildman–Crippen LogP) is 1.84. The van der Waals surface area contributed by atoms with Gasteiger partial charge in [0.05, 0.1) is 0 Å². The second kappa shape index (κ2) is 7.70. The van der Waals surface area contributed by atoms with Gasteiger partial charge in [-0.2, -0.15) is 0 Å². The zero-order valence-corrected chi connectivity index (χ0v) is 16.0. The van der Waals surface area contributed by atoms with Crippen molar-refractivity contribution >= 4 is 41.9 Å². The fourth-order valence-electron chi connectivity index (χ4n) is 1.51. The summed E-state index contributed by atoms with van der Waals surface area (Å²) in [5.74, 6) is -0.354. The second-order valence-corrected chi connectivity index (χ2v) is 10.1. The van der Waals surface area contributed by atoms with E-state index in [0.717, 1.165) is 4.35 Å². The van der Waals surface area contributed by atoms with Crippen LogP contribution in [0.4, 0.5) is 4.39 Å². The molecular formula is C14H20AsBrFN2O2. The molecule has 1 amide bonds. The van der Waals surface area contributed by atoms with Crippen molar-refractivity contribution in [1.29, 1.82) is 0 Å². The van der Waals surface area contributed by atoms with Crippen LogP contribution in [0.15, 0.2) is 16.9 Å². The van der Waals surface area contributed by atoms with Gasteiger partial charge in [0.25, 0.3) is 0 Å². The number of alkyl halides is 1. The molecule has 0 saturated carbocycles. The van der Waals surface area contributed by atoms with E-state index >= 15 is 0 Å². The van der Waals surface area contributed by atoms with Crippen molar-refractivity contribution in [3.8, 4) is 0 Å². The summed E-state index contributed by atoms with van der Waals surface area (Å²) in [6, 6.07) is 1.85. The van der Waals surface area contributed by atoms with Gasteiger partial charge in [0.15, 0.2) is 0 Å². The quantitative estimate of drug-likeness (QED) is 0.544. The molecule has 21 heavy (non-hydrogen) atoms. The van der Waals surface area contributed by atoms with Gasteiger partial charge < -0.3 is 0 Å². The maximum atomic E-state index is 13.7. The fraction of sp³-hybridized carbons (Fsp3) is 0.571. The van der Waals surface area contributed by atoms with E-state index in [9.17, 15) is 14.3 Å². The van der Waals surface area contributed by atoms with Gasteiger partial charge in [0.2, 0.25) is 0 Å². The van der Waals surface area contributed by atoms with E-state index < -0.39 is 11.8 Å². The molecule has 4 nitrogen and oxygen atoms in total. The number of nitrogens with one attached hydrogen (secondary N) is 1. The SMILES string of the molecule is CC(C)[As]c1cc(Br)ncc1C(=O)NCC(F)C(C)(C)O. The number of carbonyl (C=O) groups excluding carboxylic acids is 1. The Labute approximate surface area is 139 Å². The Bertz CT molecular complexity index is 506. The van der Waals surface area contributed by atoms with Crippen LogP contribution in [0.3, 0.4) is 0 Å². The molecule has 0 saturated heterocycles. The first-order valence-electron chi connectivity index (χ1n) is 6.62. The van der Waals surface area contributed by atoms with Crippen LogP contribution in [0.2, 0.25) is 4.71 Å². The monoisotopic (exact) mass is 421 g/mol. The third-order valence-corrected chi connectivity index (χ3v) is 5.58. The van der Waals surface area contributed by atoms with E-state index in [1.807, 2.05) is 6.07 Å². The number of carbonyl (C=O) groups is 1.